The number of piperidine rings is 1. The molecule has 1 fully saturated rings. The van der Waals surface area contributed by atoms with Gasteiger partial charge in [-0.25, -0.2) is 4.79 Å². The topological polar surface area (TPSA) is 79.0 Å². The summed E-state index contributed by atoms with van der Waals surface area (Å²) in [5.41, 5.74) is 0.477. The number of amides is 2. The average Bonchev–Trinajstić information content (AvgIpc) is 2.78. The Morgan fingerprint density at radius 2 is 1.68 bits per heavy atom. The first-order valence-corrected chi connectivity index (χ1v) is 13.0. The molecule has 4 atom stereocenters. The summed E-state index contributed by atoms with van der Waals surface area (Å²) in [6.45, 7) is 19.1. The van der Waals surface area contributed by atoms with Crippen LogP contribution in [0.3, 0.4) is 0 Å². The second kappa shape index (κ2) is 13.9. The smallest absolute Gasteiger partial charge is 0.333 e. The summed E-state index contributed by atoms with van der Waals surface area (Å²) in [5, 5.41) is 3.09. The fraction of sp³-hybridized carbons (Fsp3) is 0.815. The van der Waals surface area contributed by atoms with Gasteiger partial charge in [0.15, 0.2) is 0 Å². The van der Waals surface area contributed by atoms with E-state index in [0.29, 0.717) is 18.1 Å². The van der Waals surface area contributed by atoms with Crippen LogP contribution in [-0.4, -0.2) is 72.0 Å². The molecule has 7 heteroatoms. The Morgan fingerprint density at radius 1 is 1.06 bits per heavy atom. The highest BCUT2D eigenvalue weighted by molar-refractivity contribution is 5.91. The fourth-order valence-electron chi connectivity index (χ4n) is 4.71. The van der Waals surface area contributed by atoms with Gasteiger partial charge in [0.2, 0.25) is 11.8 Å². The number of likely N-dealkylation sites (N-methyl/N-ethyl adjacent to an activating group) is 1. The Kier molecular flexibility index (Phi) is 12.3. The summed E-state index contributed by atoms with van der Waals surface area (Å²) in [6.07, 6.45) is 4.76. The molecule has 1 N–H and O–H groups in total. The highest BCUT2D eigenvalue weighted by atomic mass is 16.5. The van der Waals surface area contributed by atoms with Crippen molar-refractivity contribution in [2.45, 2.75) is 106 Å². The Hall–Kier alpha value is -1.89. The zero-order valence-corrected chi connectivity index (χ0v) is 23.2. The maximum atomic E-state index is 13.6. The SMILES string of the molecule is CCOC(=O)C(C)=C[C@H](C(C)C)N(C)C(=O)[C@@H](NC(=O)C1CC[C@H](CC)CN1C(C)C)C(C)C. The van der Waals surface area contributed by atoms with Gasteiger partial charge >= 0.3 is 5.97 Å². The van der Waals surface area contributed by atoms with Gasteiger partial charge in [-0.15, -0.1) is 0 Å². The van der Waals surface area contributed by atoms with Crippen LogP contribution in [0.15, 0.2) is 11.6 Å². The summed E-state index contributed by atoms with van der Waals surface area (Å²) in [6, 6.07) is -0.869. The Labute approximate surface area is 207 Å². The van der Waals surface area contributed by atoms with Gasteiger partial charge in [-0.2, -0.15) is 0 Å². The van der Waals surface area contributed by atoms with Crippen LogP contribution in [0.2, 0.25) is 0 Å². The van der Waals surface area contributed by atoms with E-state index < -0.39 is 6.04 Å². The lowest BCUT2D eigenvalue weighted by molar-refractivity contribution is -0.141. The quantitative estimate of drug-likeness (QED) is 0.358. The van der Waals surface area contributed by atoms with Crippen LogP contribution in [0.5, 0.6) is 0 Å². The molecular weight excluding hydrogens is 430 g/mol. The zero-order valence-electron chi connectivity index (χ0n) is 23.2. The first-order chi connectivity index (χ1) is 15.8. The van der Waals surface area contributed by atoms with Gasteiger partial charge in [0.1, 0.15) is 6.04 Å². The third-order valence-corrected chi connectivity index (χ3v) is 6.99. The van der Waals surface area contributed by atoms with Crippen molar-refractivity contribution in [3.05, 3.63) is 11.6 Å². The van der Waals surface area contributed by atoms with E-state index in [1.54, 1.807) is 31.9 Å². The lowest BCUT2D eigenvalue weighted by atomic mass is 9.89. The number of carbonyl (C=O) groups excluding carboxylic acids is 3. The number of carbonyl (C=O) groups is 3. The molecule has 0 saturated carbocycles. The molecule has 0 aromatic heterocycles. The van der Waals surface area contributed by atoms with Gasteiger partial charge in [-0.1, -0.05) is 47.1 Å². The number of nitrogens with zero attached hydrogens (tertiary/aromatic N) is 2. The molecule has 1 rings (SSSR count). The minimum atomic E-state index is -0.632. The second-order valence-corrected chi connectivity index (χ2v) is 10.6. The summed E-state index contributed by atoms with van der Waals surface area (Å²) in [7, 11) is 1.75. The van der Waals surface area contributed by atoms with Gasteiger partial charge in [0.25, 0.3) is 0 Å². The van der Waals surface area contributed by atoms with Crippen molar-refractivity contribution in [3.63, 3.8) is 0 Å². The molecule has 0 radical (unpaired) electrons. The molecule has 1 saturated heterocycles. The summed E-state index contributed by atoms with van der Waals surface area (Å²) in [4.78, 5) is 43.1. The number of rotatable bonds is 11. The van der Waals surface area contributed by atoms with Crippen molar-refractivity contribution in [2.75, 3.05) is 20.2 Å². The van der Waals surface area contributed by atoms with Crippen molar-refractivity contribution in [2.24, 2.45) is 17.8 Å². The number of hydrogen-bond acceptors (Lipinski definition) is 5. The largest absolute Gasteiger partial charge is 0.463 e. The molecule has 1 heterocycles. The van der Waals surface area contributed by atoms with Crippen LogP contribution in [0, 0.1) is 17.8 Å². The van der Waals surface area contributed by atoms with E-state index in [-0.39, 0.29) is 47.7 Å². The minimum Gasteiger partial charge on any atom is -0.463 e. The summed E-state index contributed by atoms with van der Waals surface area (Å²) < 4.78 is 5.10. The van der Waals surface area contributed by atoms with Gasteiger partial charge in [0, 0.05) is 25.2 Å². The first kappa shape index (κ1) is 30.1. The number of esters is 1. The number of hydrogen-bond donors (Lipinski definition) is 1. The number of nitrogens with one attached hydrogen (secondary N) is 1. The normalized spacial score (nSPS) is 21.5. The molecule has 2 amide bonds. The van der Waals surface area contributed by atoms with Gasteiger partial charge in [-0.05, 0) is 58.3 Å². The molecule has 1 aliphatic heterocycles. The third kappa shape index (κ3) is 8.10. The van der Waals surface area contributed by atoms with E-state index in [2.05, 4.69) is 31.0 Å². The lowest BCUT2D eigenvalue weighted by Crippen LogP contribution is -2.59. The molecule has 196 valence electrons. The Morgan fingerprint density at radius 3 is 2.15 bits per heavy atom. The van der Waals surface area contributed by atoms with Crippen molar-refractivity contribution >= 4 is 17.8 Å². The lowest BCUT2D eigenvalue weighted by Gasteiger charge is -2.42. The second-order valence-electron chi connectivity index (χ2n) is 10.6. The molecule has 1 unspecified atom stereocenters. The molecule has 1 aliphatic rings. The molecule has 0 aromatic carbocycles. The monoisotopic (exact) mass is 479 g/mol. The Balaban J connectivity index is 3.07. The maximum Gasteiger partial charge on any atom is 0.333 e. The molecule has 0 aliphatic carbocycles. The van der Waals surface area contributed by atoms with E-state index in [9.17, 15) is 14.4 Å². The number of likely N-dealkylation sites (tertiary alicyclic amines) is 1. The molecule has 34 heavy (non-hydrogen) atoms. The predicted molar refractivity (Wildman–Crippen MR) is 137 cm³/mol. The van der Waals surface area contributed by atoms with Crippen molar-refractivity contribution in [3.8, 4) is 0 Å². The van der Waals surface area contributed by atoms with Gasteiger partial charge < -0.3 is 15.0 Å². The fourth-order valence-corrected chi connectivity index (χ4v) is 4.71. The summed E-state index contributed by atoms with van der Waals surface area (Å²) in [5.74, 6) is 0.0424. The number of ether oxygens (including phenoxy) is 1. The predicted octanol–water partition coefficient (Wildman–Crippen LogP) is 4.02. The minimum absolute atomic E-state index is 0.0666. The maximum absolute atomic E-state index is 13.6. The van der Waals surface area contributed by atoms with E-state index in [1.165, 1.54) is 0 Å². The van der Waals surface area contributed by atoms with Gasteiger partial charge in [0.05, 0.1) is 18.7 Å². The van der Waals surface area contributed by atoms with Crippen LogP contribution in [-0.2, 0) is 19.1 Å². The molecule has 0 aromatic rings. The highest BCUT2D eigenvalue weighted by Gasteiger charge is 2.37. The average molecular weight is 480 g/mol. The van der Waals surface area contributed by atoms with Crippen LogP contribution < -0.4 is 5.32 Å². The zero-order chi connectivity index (χ0) is 26.2. The van der Waals surface area contributed by atoms with Crippen molar-refractivity contribution in [1.82, 2.24) is 15.1 Å². The van der Waals surface area contributed by atoms with E-state index in [0.717, 1.165) is 25.8 Å². The molecule has 7 nitrogen and oxygen atoms in total. The third-order valence-electron chi connectivity index (χ3n) is 6.99. The molecule has 0 spiro atoms. The standard InChI is InChI=1S/C27H49N3O4/c1-11-21-13-14-22(30(16-21)19(7)8)25(31)28-24(18(5)6)26(32)29(10)23(17(3)4)15-20(9)27(33)34-12-2/h15,17-19,21-24H,11-14,16H2,1-10H3,(H,28,31)/t21-,22?,23+,24-/m0/s1. The van der Waals surface area contributed by atoms with E-state index in [1.807, 2.05) is 27.7 Å². The first-order valence-electron chi connectivity index (χ1n) is 13.0. The van der Waals surface area contributed by atoms with Crippen LogP contribution in [0.1, 0.15) is 81.6 Å². The Bertz CT molecular complexity index is 717. The van der Waals surface area contributed by atoms with E-state index in [4.69, 9.17) is 4.74 Å². The molecular formula is C27H49N3O4. The van der Waals surface area contributed by atoms with Gasteiger partial charge in [-0.3, -0.25) is 14.5 Å². The molecule has 0 bridgehead atoms. The van der Waals surface area contributed by atoms with Crippen LogP contribution >= 0.6 is 0 Å². The highest BCUT2D eigenvalue weighted by Crippen LogP contribution is 2.26. The summed E-state index contributed by atoms with van der Waals surface area (Å²) >= 11 is 0. The van der Waals surface area contributed by atoms with Crippen LogP contribution in [0.25, 0.3) is 0 Å². The van der Waals surface area contributed by atoms with Crippen molar-refractivity contribution < 1.29 is 19.1 Å². The van der Waals surface area contributed by atoms with E-state index >= 15 is 0 Å². The van der Waals surface area contributed by atoms with Crippen molar-refractivity contribution in [1.29, 1.82) is 0 Å². The van der Waals surface area contributed by atoms with Crippen LogP contribution in [0.4, 0.5) is 0 Å².